The minimum atomic E-state index is -4.63. The molecule has 1 fully saturated rings. The van der Waals surface area contributed by atoms with Gasteiger partial charge in [0, 0.05) is 12.0 Å². The number of alkyl halides is 3. The van der Waals surface area contributed by atoms with E-state index in [9.17, 15) is 18.0 Å². The molecule has 1 atom stereocenters. The maximum absolute atomic E-state index is 13.7. The maximum Gasteiger partial charge on any atom is 0.416 e. The monoisotopic (exact) mass is 471 g/mol. The van der Waals surface area contributed by atoms with Crippen LogP contribution in [0.2, 0.25) is 0 Å². The fourth-order valence-corrected chi connectivity index (χ4v) is 4.29. The normalized spacial score (nSPS) is 16.5. The van der Waals surface area contributed by atoms with Crippen molar-refractivity contribution in [3.63, 3.8) is 0 Å². The molecule has 0 radical (unpaired) electrons. The zero-order chi connectivity index (χ0) is 24.5. The summed E-state index contributed by atoms with van der Waals surface area (Å²) in [6.07, 6.45) is -2.12. The Morgan fingerprint density at radius 1 is 1.03 bits per heavy atom. The average molecular weight is 472 g/mol. The van der Waals surface area contributed by atoms with E-state index in [1.54, 1.807) is 24.3 Å². The smallest absolute Gasteiger partial charge is 0.416 e. The lowest BCUT2D eigenvalue weighted by atomic mass is 10.0. The molecule has 1 unspecified atom stereocenters. The van der Waals surface area contributed by atoms with E-state index in [-0.39, 0.29) is 24.1 Å². The van der Waals surface area contributed by atoms with Gasteiger partial charge in [0.1, 0.15) is 5.75 Å². The summed E-state index contributed by atoms with van der Waals surface area (Å²) in [5.41, 5.74) is 1.77. The van der Waals surface area contributed by atoms with Gasteiger partial charge in [-0.2, -0.15) is 13.2 Å². The molecule has 2 heterocycles. The molecule has 7 heteroatoms. The van der Waals surface area contributed by atoms with E-state index >= 15 is 0 Å². The van der Waals surface area contributed by atoms with Crippen molar-refractivity contribution in [1.29, 1.82) is 0 Å². The number of hydrogen-bond acceptors (Lipinski definition) is 3. The molecular weight excluding hydrogens is 443 g/mol. The van der Waals surface area contributed by atoms with Crippen LogP contribution in [0, 0.1) is 20.8 Å². The van der Waals surface area contributed by atoms with Crippen molar-refractivity contribution < 1.29 is 22.6 Å². The molecule has 0 bridgehead atoms. The van der Waals surface area contributed by atoms with Gasteiger partial charge in [-0.05, 0) is 80.6 Å². The minimum Gasteiger partial charge on any atom is -0.465 e. The molecule has 0 saturated carbocycles. The average Bonchev–Trinajstić information content (AvgIpc) is 2.79. The largest absolute Gasteiger partial charge is 0.465 e. The third kappa shape index (κ3) is 5.20. The third-order valence-corrected chi connectivity index (χ3v) is 6.23. The minimum absolute atomic E-state index is 0.174. The van der Waals surface area contributed by atoms with Crippen LogP contribution in [0.3, 0.4) is 0 Å². The molecule has 4 nitrogen and oxygen atoms in total. The van der Waals surface area contributed by atoms with E-state index in [4.69, 9.17) is 9.47 Å². The van der Waals surface area contributed by atoms with Crippen molar-refractivity contribution in [2.75, 3.05) is 6.61 Å². The summed E-state index contributed by atoms with van der Waals surface area (Å²) < 4.78 is 54.1. The molecule has 0 spiro atoms. The second-order valence-electron chi connectivity index (χ2n) is 8.83. The Morgan fingerprint density at radius 2 is 1.76 bits per heavy atom. The van der Waals surface area contributed by atoms with E-state index in [1.807, 2.05) is 32.0 Å². The van der Waals surface area contributed by atoms with Crippen LogP contribution in [-0.2, 0) is 17.5 Å². The number of benzene rings is 2. The Balaban J connectivity index is 1.76. The SMILES string of the molecule is Cc1ccc(Cn2c(-c3ccc(OC4CCCCO4)cc3)cc(C(F)(F)F)c(C)c2=O)c(C)c1. The predicted octanol–water partition coefficient (Wildman–Crippen LogP) is 6.41. The lowest BCUT2D eigenvalue weighted by Crippen LogP contribution is -2.28. The summed E-state index contributed by atoms with van der Waals surface area (Å²) >= 11 is 0. The fraction of sp³-hybridized carbons (Fsp3) is 0.370. The number of halogens is 3. The molecule has 2 aromatic carbocycles. The first-order valence-electron chi connectivity index (χ1n) is 11.4. The highest BCUT2D eigenvalue weighted by atomic mass is 19.4. The zero-order valence-corrected chi connectivity index (χ0v) is 19.5. The van der Waals surface area contributed by atoms with E-state index in [2.05, 4.69) is 0 Å². The number of aromatic nitrogens is 1. The van der Waals surface area contributed by atoms with E-state index in [1.165, 1.54) is 11.5 Å². The number of pyridine rings is 1. The summed E-state index contributed by atoms with van der Waals surface area (Å²) in [4.78, 5) is 13.2. The molecule has 0 amide bonds. The van der Waals surface area contributed by atoms with Gasteiger partial charge in [-0.1, -0.05) is 23.8 Å². The highest BCUT2D eigenvalue weighted by molar-refractivity contribution is 5.62. The topological polar surface area (TPSA) is 40.5 Å². The predicted molar refractivity (Wildman–Crippen MR) is 125 cm³/mol. The second kappa shape index (κ2) is 9.66. The molecule has 1 aliphatic heterocycles. The van der Waals surface area contributed by atoms with Crippen molar-refractivity contribution in [1.82, 2.24) is 4.57 Å². The van der Waals surface area contributed by atoms with Crippen molar-refractivity contribution >= 4 is 0 Å². The van der Waals surface area contributed by atoms with Crippen molar-refractivity contribution in [3.8, 4) is 17.0 Å². The van der Waals surface area contributed by atoms with E-state index in [0.717, 1.165) is 42.0 Å². The van der Waals surface area contributed by atoms with Gasteiger partial charge in [0.25, 0.3) is 5.56 Å². The molecule has 1 aromatic heterocycles. The Bertz CT molecular complexity index is 1220. The summed E-state index contributed by atoms with van der Waals surface area (Å²) in [5.74, 6) is 0.571. The van der Waals surface area contributed by atoms with Crippen LogP contribution in [0.4, 0.5) is 13.2 Å². The van der Waals surface area contributed by atoms with Crippen molar-refractivity contribution in [2.24, 2.45) is 0 Å². The number of nitrogens with zero attached hydrogens (tertiary/aromatic N) is 1. The first kappa shape index (κ1) is 24.1. The number of aryl methyl sites for hydroxylation is 2. The highest BCUT2D eigenvalue weighted by Gasteiger charge is 2.35. The number of hydrogen-bond donors (Lipinski definition) is 0. The number of ether oxygens (including phenoxy) is 2. The Kier molecular flexibility index (Phi) is 6.84. The molecule has 3 aromatic rings. The maximum atomic E-state index is 13.7. The molecular formula is C27H28F3NO3. The van der Waals surface area contributed by atoms with Crippen LogP contribution in [0.25, 0.3) is 11.3 Å². The fourth-order valence-electron chi connectivity index (χ4n) is 4.29. The summed E-state index contributed by atoms with van der Waals surface area (Å²) in [7, 11) is 0. The van der Waals surface area contributed by atoms with Crippen LogP contribution in [0.1, 0.15) is 47.1 Å². The Morgan fingerprint density at radius 3 is 2.38 bits per heavy atom. The van der Waals surface area contributed by atoms with Gasteiger partial charge >= 0.3 is 6.18 Å². The summed E-state index contributed by atoms with van der Waals surface area (Å²) in [6, 6.07) is 13.7. The van der Waals surface area contributed by atoms with Crippen LogP contribution in [-0.4, -0.2) is 17.5 Å². The second-order valence-corrected chi connectivity index (χ2v) is 8.83. The van der Waals surface area contributed by atoms with Gasteiger partial charge in [0.2, 0.25) is 0 Å². The lowest BCUT2D eigenvalue weighted by molar-refractivity contribution is -0.138. The molecule has 180 valence electrons. The highest BCUT2D eigenvalue weighted by Crippen LogP contribution is 2.34. The molecule has 34 heavy (non-hydrogen) atoms. The molecule has 0 N–H and O–H groups in total. The van der Waals surface area contributed by atoms with Crippen LogP contribution >= 0.6 is 0 Å². The van der Waals surface area contributed by atoms with Gasteiger partial charge in [-0.15, -0.1) is 0 Å². The van der Waals surface area contributed by atoms with Gasteiger partial charge in [0.15, 0.2) is 6.29 Å². The lowest BCUT2D eigenvalue weighted by Gasteiger charge is -2.23. The number of rotatable bonds is 5. The van der Waals surface area contributed by atoms with Crippen LogP contribution < -0.4 is 10.3 Å². The van der Waals surface area contributed by atoms with Crippen LogP contribution in [0.5, 0.6) is 5.75 Å². The van der Waals surface area contributed by atoms with Crippen molar-refractivity contribution in [3.05, 3.63) is 86.7 Å². The summed E-state index contributed by atoms with van der Waals surface area (Å²) in [5, 5.41) is 0. The van der Waals surface area contributed by atoms with E-state index < -0.39 is 17.3 Å². The van der Waals surface area contributed by atoms with Gasteiger partial charge in [-0.25, -0.2) is 0 Å². The molecule has 1 saturated heterocycles. The Labute approximate surface area is 197 Å². The standard InChI is InChI=1S/C27H28F3NO3/c1-17-7-8-21(18(2)14-17)16-31-24(15-23(27(28,29)30)19(3)26(31)32)20-9-11-22(12-10-20)34-25-6-4-5-13-33-25/h7-12,14-15,25H,4-6,13,16H2,1-3H3. The summed E-state index contributed by atoms with van der Waals surface area (Å²) in [6.45, 7) is 5.96. The van der Waals surface area contributed by atoms with Gasteiger partial charge in [-0.3, -0.25) is 4.79 Å². The first-order chi connectivity index (χ1) is 16.1. The molecule has 1 aliphatic rings. The van der Waals surface area contributed by atoms with Gasteiger partial charge in [0.05, 0.1) is 24.4 Å². The third-order valence-electron chi connectivity index (χ3n) is 6.23. The molecule has 0 aliphatic carbocycles. The van der Waals surface area contributed by atoms with Gasteiger partial charge < -0.3 is 14.0 Å². The quantitative estimate of drug-likeness (QED) is 0.432. The first-order valence-corrected chi connectivity index (χ1v) is 11.4. The zero-order valence-electron chi connectivity index (χ0n) is 19.5. The van der Waals surface area contributed by atoms with Crippen molar-refractivity contribution in [2.45, 2.75) is 59.0 Å². The molecule has 4 rings (SSSR count). The van der Waals surface area contributed by atoms with E-state index in [0.29, 0.717) is 17.9 Å². The van der Waals surface area contributed by atoms with Crippen LogP contribution in [0.15, 0.2) is 53.3 Å². The Hall–Kier alpha value is -3.06.